The van der Waals surface area contributed by atoms with Crippen LogP contribution >= 0.6 is 0 Å². The second-order valence-corrected chi connectivity index (χ2v) is 7.56. The average Bonchev–Trinajstić information content (AvgIpc) is 2.95. The van der Waals surface area contributed by atoms with Crippen LogP contribution in [0.15, 0.2) is 18.2 Å². The third-order valence-corrected chi connectivity index (χ3v) is 5.80. The average molecular weight is 403 g/mol. The maximum absolute atomic E-state index is 12.9. The number of carbonyl (C=O) groups is 3. The van der Waals surface area contributed by atoms with Gasteiger partial charge in [-0.2, -0.15) is 0 Å². The van der Waals surface area contributed by atoms with Gasteiger partial charge < -0.3 is 19.7 Å². The van der Waals surface area contributed by atoms with E-state index in [-0.39, 0.29) is 18.4 Å². The monoisotopic (exact) mass is 403 g/mol. The molecule has 0 aromatic heterocycles. The minimum Gasteiger partial charge on any atom is -0.493 e. The van der Waals surface area contributed by atoms with Crippen molar-refractivity contribution in [2.24, 2.45) is 0 Å². The van der Waals surface area contributed by atoms with E-state index in [1.807, 2.05) is 19.1 Å². The summed E-state index contributed by atoms with van der Waals surface area (Å²) in [5.41, 5.74) is 0.0644. The highest BCUT2D eigenvalue weighted by Crippen LogP contribution is 2.33. The summed E-state index contributed by atoms with van der Waals surface area (Å²) in [5.74, 6) is 0.668. The molecule has 8 heteroatoms. The molecular formula is C21H29N3O5. The quantitative estimate of drug-likeness (QED) is 0.706. The molecule has 1 aromatic rings. The summed E-state index contributed by atoms with van der Waals surface area (Å²) in [7, 11) is 3.12. The van der Waals surface area contributed by atoms with Crippen molar-refractivity contribution in [3.63, 3.8) is 0 Å². The second-order valence-electron chi connectivity index (χ2n) is 7.56. The van der Waals surface area contributed by atoms with Crippen LogP contribution in [0.25, 0.3) is 0 Å². The number of hydrogen-bond donors (Lipinski definition) is 1. The number of carbonyl (C=O) groups excluding carboxylic acids is 3. The van der Waals surface area contributed by atoms with Crippen molar-refractivity contribution in [3.05, 3.63) is 23.8 Å². The number of methoxy groups -OCH3 is 2. The predicted octanol–water partition coefficient (Wildman–Crippen LogP) is 2.31. The fraction of sp³-hybridized carbons (Fsp3) is 0.571. The van der Waals surface area contributed by atoms with E-state index in [2.05, 4.69) is 5.32 Å². The Morgan fingerprint density at radius 2 is 1.83 bits per heavy atom. The zero-order valence-corrected chi connectivity index (χ0v) is 17.3. The summed E-state index contributed by atoms with van der Waals surface area (Å²) in [4.78, 5) is 40.9. The second kappa shape index (κ2) is 8.71. The van der Waals surface area contributed by atoms with Crippen molar-refractivity contribution >= 4 is 17.8 Å². The van der Waals surface area contributed by atoms with Gasteiger partial charge in [-0.25, -0.2) is 4.79 Å². The van der Waals surface area contributed by atoms with Crippen LogP contribution in [0.3, 0.4) is 0 Å². The number of imide groups is 1. The van der Waals surface area contributed by atoms with Crippen LogP contribution < -0.4 is 14.8 Å². The smallest absolute Gasteiger partial charge is 0.325 e. The topological polar surface area (TPSA) is 88.2 Å². The van der Waals surface area contributed by atoms with E-state index in [4.69, 9.17) is 9.47 Å². The molecule has 1 N–H and O–H groups in total. The van der Waals surface area contributed by atoms with Gasteiger partial charge in [0.15, 0.2) is 11.5 Å². The van der Waals surface area contributed by atoms with Crippen LogP contribution in [-0.4, -0.2) is 60.5 Å². The number of urea groups is 1. The third-order valence-electron chi connectivity index (χ3n) is 5.80. The molecule has 29 heavy (non-hydrogen) atoms. The summed E-state index contributed by atoms with van der Waals surface area (Å²) in [5, 5.41) is 2.85. The van der Waals surface area contributed by atoms with Gasteiger partial charge in [0.1, 0.15) is 12.1 Å². The molecule has 1 saturated heterocycles. The molecule has 1 aliphatic carbocycles. The van der Waals surface area contributed by atoms with Crippen LogP contribution in [0.2, 0.25) is 0 Å². The molecule has 0 unspecified atom stereocenters. The Hall–Kier alpha value is -2.77. The van der Waals surface area contributed by atoms with E-state index in [9.17, 15) is 14.4 Å². The molecular weight excluding hydrogens is 374 g/mol. The fourth-order valence-electron chi connectivity index (χ4n) is 4.12. The minimum absolute atomic E-state index is 0.243. The van der Waals surface area contributed by atoms with Gasteiger partial charge in [0, 0.05) is 13.1 Å². The molecule has 4 amide bonds. The van der Waals surface area contributed by atoms with Gasteiger partial charge >= 0.3 is 6.03 Å². The van der Waals surface area contributed by atoms with Crippen molar-refractivity contribution < 1.29 is 23.9 Å². The van der Waals surface area contributed by atoms with Gasteiger partial charge in [0.05, 0.1) is 14.2 Å². The standard InChI is InChI=1S/C21H29N3O5/c1-4-23(13-15-8-9-16(28-2)17(12-15)29-3)18(25)14-24-19(26)21(22-20(24)27)10-6-5-7-11-21/h8-9,12H,4-7,10-11,13-14H2,1-3H3,(H,22,27). The first-order valence-corrected chi connectivity index (χ1v) is 10.1. The Bertz CT molecular complexity index is 789. The lowest BCUT2D eigenvalue weighted by Gasteiger charge is -2.30. The van der Waals surface area contributed by atoms with Crippen LogP contribution in [0.4, 0.5) is 4.79 Å². The van der Waals surface area contributed by atoms with Gasteiger partial charge in [-0.05, 0) is 37.5 Å². The summed E-state index contributed by atoms with van der Waals surface area (Å²) in [6, 6.07) is 5.01. The molecule has 2 fully saturated rings. The summed E-state index contributed by atoms with van der Waals surface area (Å²) in [6.45, 7) is 2.44. The highest BCUT2D eigenvalue weighted by molar-refractivity contribution is 6.09. The first-order chi connectivity index (χ1) is 13.9. The Morgan fingerprint density at radius 3 is 2.45 bits per heavy atom. The lowest BCUT2D eigenvalue weighted by atomic mass is 9.82. The molecule has 1 aliphatic heterocycles. The van der Waals surface area contributed by atoms with Crippen LogP contribution in [0.5, 0.6) is 11.5 Å². The van der Waals surface area contributed by atoms with E-state index in [1.165, 1.54) is 0 Å². The highest BCUT2D eigenvalue weighted by Gasteiger charge is 2.51. The van der Waals surface area contributed by atoms with E-state index >= 15 is 0 Å². The summed E-state index contributed by atoms with van der Waals surface area (Å²) >= 11 is 0. The Labute approximate surface area is 171 Å². The number of benzene rings is 1. The molecule has 158 valence electrons. The highest BCUT2D eigenvalue weighted by atomic mass is 16.5. The zero-order valence-electron chi connectivity index (χ0n) is 17.3. The Balaban J connectivity index is 1.68. The number of nitrogens with zero attached hydrogens (tertiary/aromatic N) is 2. The molecule has 0 atom stereocenters. The molecule has 1 aromatic carbocycles. The third kappa shape index (κ3) is 4.16. The van der Waals surface area contributed by atoms with Gasteiger partial charge in [0.25, 0.3) is 5.91 Å². The van der Waals surface area contributed by atoms with Crippen molar-refractivity contribution in [3.8, 4) is 11.5 Å². The first kappa shape index (κ1) is 21.0. The minimum atomic E-state index is -0.810. The molecule has 0 radical (unpaired) electrons. The molecule has 0 bridgehead atoms. The maximum atomic E-state index is 12.9. The van der Waals surface area contributed by atoms with Gasteiger partial charge in [0.2, 0.25) is 5.91 Å². The largest absolute Gasteiger partial charge is 0.493 e. The van der Waals surface area contributed by atoms with E-state index in [0.29, 0.717) is 37.4 Å². The van der Waals surface area contributed by atoms with Gasteiger partial charge in [-0.3, -0.25) is 14.5 Å². The molecule has 1 saturated carbocycles. The number of amides is 4. The van der Waals surface area contributed by atoms with Crippen LogP contribution in [0.1, 0.15) is 44.6 Å². The van der Waals surface area contributed by atoms with Gasteiger partial charge in [-0.1, -0.05) is 25.3 Å². The normalized spacial score (nSPS) is 18.0. The van der Waals surface area contributed by atoms with Crippen molar-refractivity contribution in [2.75, 3.05) is 27.3 Å². The maximum Gasteiger partial charge on any atom is 0.325 e. The van der Waals surface area contributed by atoms with Crippen molar-refractivity contribution in [1.29, 1.82) is 0 Å². The number of likely N-dealkylation sites (N-methyl/N-ethyl adjacent to an activating group) is 1. The van der Waals surface area contributed by atoms with Crippen molar-refractivity contribution in [1.82, 2.24) is 15.1 Å². The van der Waals surface area contributed by atoms with Gasteiger partial charge in [-0.15, -0.1) is 0 Å². The Kier molecular flexibility index (Phi) is 6.30. The molecule has 1 spiro atoms. The number of ether oxygens (including phenoxy) is 2. The van der Waals surface area contributed by atoms with Crippen molar-refractivity contribution in [2.45, 2.75) is 51.1 Å². The van der Waals surface area contributed by atoms with E-state index < -0.39 is 11.6 Å². The number of hydrogen-bond acceptors (Lipinski definition) is 5. The zero-order chi connectivity index (χ0) is 21.0. The first-order valence-electron chi connectivity index (χ1n) is 10.1. The van der Waals surface area contributed by atoms with Crippen LogP contribution in [0, 0.1) is 0 Å². The lowest BCUT2D eigenvalue weighted by molar-refractivity contribution is -0.139. The SMILES string of the molecule is CCN(Cc1ccc(OC)c(OC)c1)C(=O)CN1C(=O)NC2(CCCCC2)C1=O. The predicted molar refractivity (Wildman–Crippen MR) is 107 cm³/mol. The lowest BCUT2D eigenvalue weighted by Crippen LogP contribution is -2.49. The van der Waals surface area contributed by atoms with E-state index in [1.54, 1.807) is 25.2 Å². The molecule has 2 aliphatic rings. The number of rotatable bonds is 7. The molecule has 3 rings (SSSR count). The Morgan fingerprint density at radius 1 is 1.14 bits per heavy atom. The van der Waals surface area contributed by atoms with E-state index in [0.717, 1.165) is 29.7 Å². The number of nitrogens with one attached hydrogen (secondary N) is 1. The fourth-order valence-corrected chi connectivity index (χ4v) is 4.12. The summed E-state index contributed by atoms with van der Waals surface area (Å²) in [6.07, 6.45) is 4.18. The molecule has 1 heterocycles. The molecule has 8 nitrogen and oxygen atoms in total. The van der Waals surface area contributed by atoms with Crippen LogP contribution in [-0.2, 0) is 16.1 Å². The summed E-state index contributed by atoms with van der Waals surface area (Å²) < 4.78 is 10.6.